The number of imide groups is 2. The summed E-state index contributed by atoms with van der Waals surface area (Å²) in [6, 6.07) is 22.0. The lowest BCUT2D eigenvalue weighted by molar-refractivity contribution is -0.122. The molecule has 0 atom stereocenters. The molecule has 1 fully saturated rings. The molecule has 4 amide bonds. The third kappa shape index (κ3) is 7.25. The minimum Gasteiger partial charge on any atom is -0.493 e. The maximum atomic E-state index is 13.3. The molecule has 9 nitrogen and oxygen atoms in total. The van der Waals surface area contributed by atoms with E-state index in [1.165, 1.54) is 31.4 Å². The Balaban J connectivity index is 1.34. The average molecular weight is 712 g/mol. The Morgan fingerprint density at radius 2 is 1.51 bits per heavy atom. The molecule has 12 heteroatoms. The molecule has 4 aromatic carbocycles. The second-order valence-corrected chi connectivity index (χ2v) is 11.3. The summed E-state index contributed by atoms with van der Waals surface area (Å²) >= 11 is 15.6. The molecule has 0 radical (unpaired) electrons. The number of barbiturate groups is 1. The Hall–Kier alpha value is -4.51. The van der Waals surface area contributed by atoms with Crippen LogP contribution in [0.4, 0.5) is 10.5 Å². The smallest absolute Gasteiger partial charge is 0.335 e. The number of methoxy groups -OCH3 is 2. The fraction of sp³-hybridized carbons (Fsp3) is 0.121. The van der Waals surface area contributed by atoms with Gasteiger partial charge in [0.1, 0.15) is 18.8 Å². The van der Waals surface area contributed by atoms with E-state index >= 15 is 0 Å². The first-order chi connectivity index (χ1) is 21.7. The van der Waals surface area contributed by atoms with Crippen LogP contribution in [0.15, 0.2) is 88.9 Å². The largest absolute Gasteiger partial charge is 0.493 e. The maximum absolute atomic E-state index is 13.3. The van der Waals surface area contributed by atoms with Gasteiger partial charge in [-0.15, -0.1) is 0 Å². The lowest BCUT2D eigenvalue weighted by Gasteiger charge is -2.26. The number of ether oxygens (including phenoxy) is 4. The van der Waals surface area contributed by atoms with E-state index in [0.29, 0.717) is 39.6 Å². The maximum Gasteiger partial charge on any atom is 0.335 e. The van der Waals surface area contributed by atoms with E-state index in [2.05, 4.69) is 21.2 Å². The number of benzene rings is 4. The number of amides is 4. The fourth-order valence-electron chi connectivity index (χ4n) is 4.46. The third-order valence-corrected chi connectivity index (χ3v) is 8.00. The van der Waals surface area contributed by atoms with Crippen molar-refractivity contribution in [2.45, 2.75) is 13.2 Å². The molecule has 1 saturated heterocycles. The molecular formula is C33H25BrCl2N2O7. The Labute approximate surface area is 277 Å². The van der Waals surface area contributed by atoms with E-state index in [4.69, 9.17) is 42.1 Å². The predicted octanol–water partition coefficient (Wildman–Crippen LogP) is 7.60. The molecule has 0 aliphatic carbocycles. The first-order valence-corrected chi connectivity index (χ1v) is 14.9. The minimum absolute atomic E-state index is 0.146. The SMILES string of the molecule is COc1cc(COc2c(Br)cc(/C=C3/C(=O)NC(=O)N(c4ccc(Cl)c(Cl)c4)C3=O)cc2OC)ccc1OCc1ccccc1. The van der Waals surface area contributed by atoms with Crippen molar-refractivity contribution in [3.05, 3.63) is 116 Å². The molecule has 1 aliphatic heterocycles. The number of rotatable bonds is 10. The quantitative estimate of drug-likeness (QED) is 0.134. The monoisotopic (exact) mass is 710 g/mol. The summed E-state index contributed by atoms with van der Waals surface area (Å²) in [5, 5.41) is 2.58. The van der Waals surface area contributed by atoms with Gasteiger partial charge in [0.05, 0.1) is 34.4 Å². The highest BCUT2D eigenvalue weighted by molar-refractivity contribution is 9.10. The van der Waals surface area contributed by atoms with E-state index in [1.807, 2.05) is 48.5 Å². The van der Waals surface area contributed by atoms with Crippen molar-refractivity contribution in [2.75, 3.05) is 19.1 Å². The highest BCUT2D eigenvalue weighted by Crippen LogP contribution is 2.39. The highest BCUT2D eigenvalue weighted by atomic mass is 79.9. The molecular weight excluding hydrogens is 687 g/mol. The number of anilines is 1. The molecule has 0 unspecified atom stereocenters. The zero-order valence-electron chi connectivity index (χ0n) is 23.9. The topological polar surface area (TPSA) is 103 Å². The lowest BCUT2D eigenvalue weighted by Crippen LogP contribution is -2.54. The molecule has 230 valence electrons. The highest BCUT2D eigenvalue weighted by Gasteiger charge is 2.37. The zero-order chi connectivity index (χ0) is 32.1. The summed E-state index contributed by atoms with van der Waals surface area (Å²) in [7, 11) is 3.04. The van der Waals surface area contributed by atoms with Gasteiger partial charge in [-0.1, -0.05) is 59.6 Å². The molecule has 0 bridgehead atoms. The van der Waals surface area contributed by atoms with E-state index in [0.717, 1.165) is 16.0 Å². The van der Waals surface area contributed by atoms with Gasteiger partial charge in [0.15, 0.2) is 23.0 Å². The normalized spacial score (nSPS) is 13.9. The van der Waals surface area contributed by atoms with Gasteiger partial charge in [-0.2, -0.15) is 0 Å². The van der Waals surface area contributed by atoms with E-state index in [1.54, 1.807) is 19.2 Å². The molecule has 0 spiro atoms. The Kier molecular flexibility index (Phi) is 9.97. The van der Waals surface area contributed by atoms with Gasteiger partial charge < -0.3 is 18.9 Å². The van der Waals surface area contributed by atoms with Crippen LogP contribution in [-0.4, -0.2) is 32.1 Å². The molecule has 1 aliphatic rings. The average Bonchev–Trinajstić information content (AvgIpc) is 3.03. The Bertz CT molecular complexity index is 1810. The van der Waals surface area contributed by atoms with E-state index in [-0.39, 0.29) is 27.9 Å². The first-order valence-electron chi connectivity index (χ1n) is 13.4. The summed E-state index contributed by atoms with van der Waals surface area (Å²) in [6.45, 7) is 0.573. The van der Waals surface area contributed by atoms with Crippen LogP contribution in [0.2, 0.25) is 10.0 Å². The number of nitrogens with one attached hydrogen (secondary N) is 1. The number of nitrogens with zero attached hydrogens (tertiary/aromatic N) is 1. The lowest BCUT2D eigenvalue weighted by atomic mass is 10.1. The molecule has 5 rings (SSSR count). The van der Waals surface area contributed by atoms with Crippen molar-refractivity contribution in [2.24, 2.45) is 0 Å². The van der Waals surface area contributed by atoms with Crippen LogP contribution in [0.1, 0.15) is 16.7 Å². The van der Waals surface area contributed by atoms with Gasteiger partial charge in [0.2, 0.25) is 0 Å². The van der Waals surface area contributed by atoms with Gasteiger partial charge in [0.25, 0.3) is 11.8 Å². The van der Waals surface area contributed by atoms with Gasteiger partial charge in [0, 0.05) is 0 Å². The molecule has 0 saturated carbocycles. The Morgan fingerprint density at radius 1 is 0.778 bits per heavy atom. The van der Waals surface area contributed by atoms with Crippen molar-refractivity contribution in [3.8, 4) is 23.0 Å². The fourth-order valence-corrected chi connectivity index (χ4v) is 5.32. The second kappa shape index (κ2) is 14.1. The summed E-state index contributed by atoms with van der Waals surface area (Å²) in [5.41, 5.74) is 2.17. The van der Waals surface area contributed by atoms with Crippen molar-refractivity contribution >= 4 is 68.7 Å². The number of hydrogen-bond donors (Lipinski definition) is 1. The summed E-state index contributed by atoms with van der Waals surface area (Å²) in [4.78, 5) is 39.4. The molecule has 1 heterocycles. The predicted molar refractivity (Wildman–Crippen MR) is 174 cm³/mol. The van der Waals surface area contributed by atoms with Crippen LogP contribution in [0, 0.1) is 0 Å². The third-order valence-electron chi connectivity index (χ3n) is 6.67. The van der Waals surface area contributed by atoms with Gasteiger partial charge >= 0.3 is 6.03 Å². The van der Waals surface area contributed by atoms with Crippen molar-refractivity contribution in [3.63, 3.8) is 0 Å². The number of carbonyl (C=O) groups excluding carboxylic acids is 3. The van der Waals surface area contributed by atoms with Gasteiger partial charge in [-0.05, 0) is 81.2 Å². The minimum atomic E-state index is -0.907. The summed E-state index contributed by atoms with van der Waals surface area (Å²) in [6.07, 6.45) is 1.35. The van der Waals surface area contributed by atoms with E-state index < -0.39 is 17.8 Å². The zero-order valence-corrected chi connectivity index (χ0v) is 27.0. The summed E-state index contributed by atoms with van der Waals surface area (Å²) < 4.78 is 23.6. The van der Waals surface area contributed by atoms with Crippen LogP contribution < -0.4 is 29.2 Å². The Morgan fingerprint density at radius 3 is 2.22 bits per heavy atom. The van der Waals surface area contributed by atoms with Crippen molar-refractivity contribution in [1.82, 2.24) is 5.32 Å². The number of urea groups is 1. The second-order valence-electron chi connectivity index (χ2n) is 9.64. The molecule has 0 aromatic heterocycles. The van der Waals surface area contributed by atoms with Crippen molar-refractivity contribution < 1.29 is 33.3 Å². The number of hydrogen-bond acceptors (Lipinski definition) is 7. The number of halogens is 3. The van der Waals surface area contributed by atoms with Gasteiger partial charge in [-0.25, -0.2) is 9.69 Å². The van der Waals surface area contributed by atoms with Crippen LogP contribution in [0.5, 0.6) is 23.0 Å². The standard InChI is InChI=1S/C33H25BrCl2N2O7/c1-42-28-14-20(8-11-27(28)44-17-19-6-4-3-5-7-19)18-45-30-24(34)13-21(15-29(30)43-2)12-23-31(39)37-33(41)38(32(23)40)22-9-10-25(35)26(36)16-22/h3-16H,17-18H2,1-2H3,(H,37,39,41)/b23-12-. The first kappa shape index (κ1) is 31.9. The van der Waals surface area contributed by atoms with Gasteiger partial charge in [-0.3, -0.25) is 14.9 Å². The van der Waals surface area contributed by atoms with Crippen molar-refractivity contribution in [1.29, 1.82) is 0 Å². The van der Waals surface area contributed by atoms with E-state index in [9.17, 15) is 14.4 Å². The van der Waals surface area contributed by atoms with Crippen LogP contribution >= 0.6 is 39.1 Å². The molecule has 4 aromatic rings. The number of carbonyl (C=O) groups is 3. The molecule has 1 N–H and O–H groups in total. The summed E-state index contributed by atoms with van der Waals surface area (Å²) in [5.74, 6) is 0.220. The van der Waals surface area contributed by atoms with Crippen LogP contribution in [0.3, 0.4) is 0 Å². The van der Waals surface area contributed by atoms with Crippen LogP contribution in [0.25, 0.3) is 6.08 Å². The van der Waals surface area contributed by atoms with Crippen LogP contribution in [-0.2, 0) is 22.8 Å². The molecule has 45 heavy (non-hydrogen) atoms.